The highest BCUT2D eigenvalue weighted by atomic mass is 19.1. The molecule has 0 aromatic heterocycles. The van der Waals surface area contributed by atoms with E-state index in [0.29, 0.717) is 12.8 Å². The first kappa shape index (κ1) is 11.4. The van der Waals surface area contributed by atoms with Crippen LogP contribution in [0.1, 0.15) is 33.6 Å². The SMILES string of the molecule is C#CCCC(F)(CN)C(C)(C)C. The fourth-order valence-corrected chi connectivity index (χ4v) is 1.05. The summed E-state index contributed by atoms with van der Waals surface area (Å²) in [6.07, 6.45) is 5.88. The van der Waals surface area contributed by atoms with E-state index in [1.54, 1.807) is 0 Å². The van der Waals surface area contributed by atoms with Crippen molar-refractivity contribution < 1.29 is 4.39 Å². The molecule has 0 aliphatic rings. The van der Waals surface area contributed by atoms with E-state index in [9.17, 15) is 4.39 Å². The molecule has 0 radical (unpaired) electrons. The van der Waals surface area contributed by atoms with Crippen LogP contribution in [0.4, 0.5) is 4.39 Å². The van der Waals surface area contributed by atoms with Crippen molar-refractivity contribution in [2.45, 2.75) is 39.3 Å². The molecule has 0 aliphatic heterocycles. The van der Waals surface area contributed by atoms with E-state index in [4.69, 9.17) is 12.2 Å². The Morgan fingerprint density at radius 1 is 1.42 bits per heavy atom. The van der Waals surface area contributed by atoms with Gasteiger partial charge in [-0.1, -0.05) is 20.8 Å². The summed E-state index contributed by atoms with van der Waals surface area (Å²) < 4.78 is 14.0. The molecule has 0 saturated carbocycles. The van der Waals surface area contributed by atoms with Gasteiger partial charge in [0.25, 0.3) is 0 Å². The van der Waals surface area contributed by atoms with Gasteiger partial charge in [0.15, 0.2) is 0 Å². The van der Waals surface area contributed by atoms with E-state index in [0.717, 1.165) is 0 Å². The number of terminal acetylenes is 1. The monoisotopic (exact) mass is 171 g/mol. The van der Waals surface area contributed by atoms with Gasteiger partial charge in [-0.15, -0.1) is 12.3 Å². The smallest absolute Gasteiger partial charge is 0.128 e. The Morgan fingerprint density at radius 2 is 1.92 bits per heavy atom. The van der Waals surface area contributed by atoms with Crippen LogP contribution in [0.15, 0.2) is 0 Å². The van der Waals surface area contributed by atoms with Crippen LogP contribution < -0.4 is 5.73 Å². The van der Waals surface area contributed by atoms with Crippen molar-refractivity contribution in [3.05, 3.63) is 0 Å². The first-order valence-electron chi connectivity index (χ1n) is 4.20. The van der Waals surface area contributed by atoms with E-state index in [2.05, 4.69) is 5.92 Å². The fraction of sp³-hybridized carbons (Fsp3) is 0.800. The van der Waals surface area contributed by atoms with Crippen molar-refractivity contribution in [1.82, 2.24) is 0 Å². The molecular weight excluding hydrogens is 153 g/mol. The Labute approximate surface area is 74.5 Å². The van der Waals surface area contributed by atoms with Gasteiger partial charge in [0.05, 0.1) is 0 Å². The zero-order valence-electron chi connectivity index (χ0n) is 8.15. The normalized spacial score (nSPS) is 16.7. The van der Waals surface area contributed by atoms with Gasteiger partial charge < -0.3 is 5.73 Å². The van der Waals surface area contributed by atoms with Crippen LogP contribution in [0.2, 0.25) is 0 Å². The van der Waals surface area contributed by atoms with Crippen LogP contribution in [0.3, 0.4) is 0 Å². The second-order valence-corrected chi connectivity index (χ2v) is 4.12. The van der Waals surface area contributed by atoms with Crippen molar-refractivity contribution in [2.24, 2.45) is 11.1 Å². The van der Waals surface area contributed by atoms with Gasteiger partial charge in [0.2, 0.25) is 0 Å². The Bertz CT molecular complexity index is 175. The van der Waals surface area contributed by atoms with Gasteiger partial charge in [-0.25, -0.2) is 4.39 Å². The maximum atomic E-state index is 14.0. The lowest BCUT2D eigenvalue weighted by atomic mass is 9.75. The molecule has 12 heavy (non-hydrogen) atoms. The van der Waals surface area contributed by atoms with Crippen LogP contribution >= 0.6 is 0 Å². The summed E-state index contributed by atoms with van der Waals surface area (Å²) in [7, 11) is 0. The molecule has 1 nitrogen and oxygen atoms in total. The van der Waals surface area contributed by atoms with Gasteiger partial charge >= 0.3 is 0 Å². The standard InChI is InChI=1S/C10H18FN/c1-5-6-7-10(11,8-12)9(2,3)4/h1H,6-8,12H2,2-4H3. The Morgan fingerprint density at radius 3 is 2.17 bits per heavy atom. The second-order valence-electron chi connectivity index (χ2n) is 4.12. The zero-order chi connectivity index (χ0) is 9.83. The third-order valence-electron chi connectivity index (χ3n) is 2.33. The predicted octanol–water partition coefficient (Wildman–Crippen LogP) is 2.11. The third kappa shape index (κ3) is 2.49. The van der Waals surface area contributed by atoms with E-state index >= 15 is 0 Å². The summed E-state index contributed by atoms with van der Waals surface area (Å²) in [6.45, 7) is 5.57. The number of hydrogen-bond acceptors (Lipinski definition) is 1. The highest BCUT2D eigenvalue weighted by Gasteiger charge is 2.40. The van der Waals surface area contributed by atoms with Gasteiger partial charge in [-0.05, 0) is 11.8 Å². The second kappa shape index (κ2) is 3.91. The number of alkyl halides is 1. The number of rotatable bonds is 3. The summed E-state index contributed by atoms with van der Waals surface area (Å²) in [4.78, 5) is 0. The average molecular weight is 171 g/mol. The van der Waals surface area contributed by atoms with Gasteiger partial charge in [-0.3, -0.25) is 0 Å². The highest BCUT2D eigenvalue weighted by molar-refractivity contribution is 4.96. The van der Waals surface area contributed by atoms with Crippen LogP contribution in [-0.4, -0.2) is 12.2 Å². The summed E-state index contributed by atoms with van der Waals surface area (Å²) in [5.41, 5.74) is 3.62. The number of nitrogens with two attached hydrogens (primary N) is 1. The molecule has 1 atom stereocenters. The largest absolute Gasteiger partial charge is 0.328 e. The third-order valence-corrected chi connectivity index (χ3v) is 2.33. The molecule has 0 saturated heterocycles. The van der Waals surface area contributed by atoms with Gasteiger partial charge in [0.1, 0.15) is 5.67 Å². The first-order valence-corrected chi connectivity index (χ1v) is 4.20. The molecule has 0 rings (SSSR count). The molecular formula is C10H18FN. The minimum Gasteiger partial charge on any atom is -0.328 e. The van der Waals surface area contributed by atoms with Crippen LogP contribution in [0.5, 0.6) is 0 Å². The Balaban J connectivity index is 4.37. The summed E-state index contributed by atoms with van der Waals surface area (Å²) in [5, 5.41) is 0. The van der Waals surface area contributed by atoms with Crippen molar-refractivity contribution in [3.63, 3.8) is 0 Å². The minimum atomic E-state index is -1.33. The summed E-state index contributed by atoms with van der Waals surface area (Å²) in [5.74, 6) is 2.43. The molecule has 0 aliphatic carbocycles. The molecule has 0 fully saturated rings. The van der Waals surface area contributed by atoms with Crippen molar-refractivity contribution >= 4 is 0 Å². The van der Waals surface area contributed by atoms with Crippen LogP contribution in [0.25, 0.3) is 0 Å². The van der Waals surface area contributed by atoms with Crippen LogP contribution in [-0.2, 0) is 0 Å². The maximum absolute atomic E-state index is 14.0. The van der Waals surface area contributed by atoms with E-state index in [1.807, 2.05) is 20.8 Å². The fourth-order valence-electron chi connectivity index (χ4n) is 1.05. The minimum absolute atomic E-state index is 0.0399. The van der Waals surface area contributed by atoms with Crippen molar-refractivity contribution in [3.8, 4) is 12.3 Å². The molecule has 2 N–H and O–H groups in total. The lowest BCUT2D eigenvalue weighted by molar-refractivity contribution is 0.0307. The highest BCUT2D eigenvalue weighted by Crippen LogP contribution is 2.36. The summed E-state index contributed by atoms with van der Waals surface area (Å²) >= 11 is 0. The molecule has 0 spiro atoms. The van der Waals surface area contributed by atoms with E-state index in [-0.39, 0.29) is 6.54 Å². The number of halogens is 1. The molecule has 0 aromatic carbocycles. The van der Waals surface area contributed by atoms with E-state index in [1.165, 1.54) is 0 Å². The molecule has 2 heteroatoms. The molecule has 0 bridgehead atoms. The zero-order valence-corrected chi connectivity index (χ0v) is 8.15. The molecule has 0 amide bonds. The first-order chi connectivity index (χ1) is 5.37. The molecule has 1 unspecified atom stereocenters. The quantitative estimate of drug-likeness (QED) is 0.647. The van der Waals surface area contributed by atoms with E-state index < -0.39 is 11.1 Å². The topological polar surface area (TPSA) is 26.0 Å². The van der Waals surface area contributed by atoms with Gasteiger partial charge in [-0.2, -0.15) is 0 Å². The van der Waals surface area contributed by atoms with Crippen molar-refractivity contribution in [2.75, 3.05) is 6.54 Å². The Kier molecular flexibility index (Phi) is 3.73. The summed E-state index contributed by atoms with van der Waals surface area (Å²) in [6, 6.07) is 0. The van der Waals surface area contributed by atoms with Gasteiger partial charge in [0, 0.05) is 13.0 Å². The molecule has 0 heterocycles. The lowest BCUT2D eigenvalue weighted by Crippen LogP contribution is -2.45. The van der Waals surface area contributed by atoms with Crippen LogP contribution in [0, 0.1) is 17.8 Å². The molecule has 0 aromatic rings. The Hall–Kier alpha value is -0.550. The number of hydrogen-bond donors (Lipinski definition) is 1. The molecule has 70 valence electrons. The average Bonchev–Trinajstić information content (AvgIpc) is 1.98. The predicted molar refractivity (Wildman–Crippen MR) is 50.4 cm³/mol. The lowest BCUT2D eigenvalue weighted by Gasteiger charge is -2.36. The van der Waals surface area contributed by atoms with Crippen molar-refractivity contribution in [1.29, 1.82) is 0 Å². The maximum Gasteiger partial charge on any atom is 0.128 e.